The van der Waals surface area contributed by atoms with Crippen LogP contribution in [0.5, 0.6) is 0 Å². The summed E-state index contributed by atoms with van der Waals surface area (Å²) < 4.78 is 27.4. The first kappa shape index (κ1) is 15.2. The highest BCUT2D eigenvalue weighted by Gasteiger charge is 2.17. The molecular weight excluding hydrogens is 368 g/mol. The van der Waals surface area contributed by atoms with Gasteiger partial charge < -0.3 is 5.11 Å². The van der Waals surface area contributed by atoms with Crippen molar-refractivity contribution in [3.8, 4) is 0 Å². The van der Waals surface area contributed by atoms with Gasteiger partial charge >= 0.3 is 0 Å². The Hall–Kier alpha value is -1.15. The summed E-state index contributed by atoms with van der Waals surface area (Å²) in [6.07, 6.45) is 1.30. The van der Waals surface area contributed by atoms with Gasteiger partial charge in [-0.15, -0.1) is 0 Å². The number of pyridine rings is 1. The lowest BCUT2D eigenvalue weighted by Crippen LogP contribution is -2.14. The largest absolute Gasteiger partial charge is 0.392 e. The predicted molar refractivity (Wildman–Crippen MR) is 80.1 cm³/mol. The van der Waals surface area contributed by atoms with Crippen LogP contribution in [0.3, 0.4) is 0 Å². The first-order valence-corrected chi connectivity index (χ1v) is 8.11. The topological polar surface area (TPSA) is 79.3 Å². The average molecular weight is 378 g/mol. The molecule has 2 rings (SSSR count). The third kappa shape index (κ3) is 3.49. The molecule has 1 heterocycles. The van der Waals surface area contributed by atoms with Gasteiger partial charge in [0.05, 0.1) is 17.3 Å². The van der Waals surface area contributed by atoms with E-state index in [0.29, 0.717) is 5.56 Å². The summed E-state index contributed by atoms with van der Waals surface area (Å²) in [4.78, 5) is 3.80. The molecule has 0 aliphatic carbocycles. The molecule has 0 fully saturated rings. The quantitative estimate of drug-likeness (QED) is 0.858. The smallest absolute Gasteiger partial charge is 0.279 e. The molecule has 2 aromatic rings. The van der Waals surface area contributed by atoms with Crippen LogP contribution in [0.2, 0.25) is 5.02 Å². The summed E-state index contributed by atoms with van der Waals surface area (Å²) in [6.45, 7) is -0.195. The Morgan fingerprint density at radius 1 is 1.30 bits per heavy atom. The minimum atomic E-state index is -3.82. The Kier molecular flexibility index (Phi) is 4.64. The van der Waals surface area contributed by atoms with E-state index >= 15 is 0 Å². The molecule has 1 aromatic carbocycles. The molecule has 0 aliphatic rings. The first-order valence-electron chi connectivity index (χ1n) is 5.46. The van der Waals surface area contributed by atoms with Gasteiger partial charge in [-0.25, -0.2) is 4.98 Å². The van der Waals surface area contributed by atoms with Crippen LogP contribution in [0.1, 0.15) is 5.56 Å². The van der Waals surface area contributed by atoms with Gasteiger partial charge in [0.25, 0.3) is 10.0 Å². The Labute approximate surface area is 129 Å². The molecule has 0 amide bonds. The van der Waals surface area contributed by atoms with E-state index in [9.17, 15) is 8.42 Å². The summed E-state index contributed by atoms with van der Waals surface area (Å²) in [5.74, 6) is 0. The molecule has 0 bridgehead atoms. The lowest BCUT2D eigenvalue weighted by Gasteiger charge is -2.09. The Morgan fingerprint density at radius 3 is 2.60 bits per heavy atom. The summed E-state index contributed by atoms with van der Waals surface area (Å²) in [5, 5.41) is 9.03. The lowest BCUT2D eigenvalue weighted by atomic mass is 10.3. The van der Waals surface area contributed by atoms with Gasteiger partial charge in [-0.1, -0.05) is 33.6 Å². The van der Waals surface area contributed by atoms with Gasteiger partial charge in [0.2, 0.25) is 0 Å². The molecule has 8 heteroatoms. The molecule has 0 spiro atoms. The SMILES string of the molecule is O=S(=O)(Nc1ccc(Br)cc1Cl)c1ccc(CO)cn1. The van der Waals surface area contributed by atoms with E-state index in [2.05, 4.69) is 25.6 Å². The molecule has 0 aliphatic heterocycles. The van der Waals surface area contributed by atoms with Crippen LogP contribution in [0.25, 0.3) is 0 Å². The maximum Gasteiger partial charge on any atom is 0.279 e. The van der Waals surface area contributed by atoms with E-state index in [1.54, 1.807) is 18.2 Å². The van der Waals surface area contributed by atoms with Crippen molar-refractivity contribution in [2.75, 3.05) is 4.72 Å². The summed E-state index contributed by atoms with van der Waals surface area (Å²) in [7, 11) is -3.82. The summed E-state index contributed by atoms with van der Waals surface area (Å²) in [5.41, 5.74) is 0.800. The Balaban J connectivity index is 2.30. The summed E-state index contributed by atoms with van der Waals surface area (Å²) >= 11 is 9.20. The van der Waals surface area contributed by atoms with Crippen LogP contribution < -0.4 is 4.72 Å². The minimum absolute atomic E-state index is 0.145. The monoisotopic (exact) mass is 376 g/mol. The van der Waals surface area contributed by atoms with Gasteiger partial charge in [-0.2, -0.15) is 8.42 Å². The average Bonchev–Trinajstić information content (AvgIpc) is 2.42. The van der Waals surface area contributed by atoms with Crippen molar-refractivity contribution in [3.05, 3.63) is 51.6 Å². The molecule has 1 aromatic heterocycles. The number of aromatic nitrogens is 1. The second-order valence-corrected chi connectivity index (χ2v) is 6.84. The number of hydrogen-bond donors (Lipinski definition) is 2. The first-order chi connectivity index (χ1) is 9.42. The zero-order valence-electron chi connectivity index (χ0n) is 10.0. The van der Waals surface area contributed by atoms with Crippen LogP contribution in [0.15, 0.2) is 46.0 Å². The predicted octanol–water partition coefficient (Wildman–Crippen LogP) is 2.79. The van der Waals surface area contributed by atoms with Gasteiger partial charge in [0.15, 0.2) is 5.03 Å². The number of hydrogen-bond acceptors (Lipinski definition) is 4. The van der Waals surface area contributed by atoms with Crippen molar-refractivity contribution in [1.82, 2.24) is 4.98 Å². The second-order valence-electron chi connectivity index (χ2n) is 3.89. The summed E-state index contributed by atoms with van der Waals surface area (Å²) in [6, 6.07) is 7.62. The maximum atomic E-state index is 12.1. The van der Waals surface area contributed by atoms with Crippen molar-refractivity contribution in [2.45, 2.75) is 11.6 Å². The number of nitrogens with zero attached hydrogens (tertiary/aromatic N) is 1. The molecule has 106 valence electrons. The van der Waals surface area contributed by atoms with Gasteiger partial charge in [-0.3, -0.25) is 4.72 Å². The van der Waals surface area contributed by atoms with Crippen LogP contribution in [-0.2, 0) is 16.6 Å². The van der Waals surface area contributed by atoms with E-state index in [1.807, 2.05) is 0 Å². The number of aliphatic hydroxyl groups excluding tert-OH is 1. The third-order valence-electron chi connectivity index (χ3n) is 2.43. The van der Waals surface area contributed by atoms with Crippen LogP contribution in [-0.4, -0.2) is 18.5 Å². The zero-order valence-corrected chi connectivity index (χ0v) is 13.2. The van der Waals surface area contributed by atoms with Crippen molar-refractivity contribution in [3.63, 3.8) is 0 Å². The highest BCUT2D eigenvalue weighted by atomic mass is 79.9. The Bertz CT molecular complexity index is 720. The Morgan fingerprint density at radius 2 is 2.05 bits per heavy atom. The molecule has 0 saturated carbocycles. The number of benzene rings is 1. The van der Waals surface area contributed by atoms with E-state index in [0.717, 1.165) is 4.47 Å². The van der Waals surface area contributed by atoms with Gasteiger partial charge in [0, 0.05) is 10.7 Å². The van der Waals surface area contributed by atoms with Crippen LogP contribution in [0.4, 0.5) is 5.69 Å². The van der Waals surface area contributed by atoms with E-state index in [4.69, 9.17) is 16.7 Å². The van der Waals surface area contributed by atoms with Gasteiger partial charge in [0.1, 0.15) is 0 Å². The number of nitrogens with one attached hydrogen (secondary N) is 1. The number of anilines is 1. The number of aliphatic hydroxyl groups is 1. The lowest BCUT2D eigenvalue weighted by molar-refractivity contribution is 0.281. The fourth-order valence-electron chi connectivity index (χ4n) is 1.43. The van der Waals surface area contributed by atoms with Crippen molar-refractivity contribution >= 4 is 43.2 Å². The molecule has 0 saturated heterocycles. The standard InChI is InChI=1S/C12H10BrClN2O3S/c13-9-2-3-11(10(14)5-9)16-20(18,19)12-4-1-8(7-17)6-15-12/h1-6,16-17H,7H2. The molecule has 0 unspecified atom stereocenters. The van der Waals surface area contributed by atoms with E-state index in [-0.39, 0.29) is 22.3 Å². The van der Waals surface area contributed by atoms with Crippen molar-refractivity contribution < 1.29 is 13.5 Å². The van der Waals surface area contributed by atoms with E-state index < -0.39 is 10.0 Å². The number of sulfonamides is 1. The number of halogens is 2. The van der Waals surface area contributed by atoms with Crippen LogP contribution >= 0.6 is 27.5 Å². The zero-order chi connectivity index (χ0) is 14.8. The normalized spacial score (nSPS) is 11.3. The number of rotatable bonds is 4. The molecule has 20 heavy (non-hydrogen) atoms. The van der Waals surface area contributed by atoms with Crippen molar-refractivity contribution in [2.24, 2.45) is 0 Å². The molecule has 5 nitrogen and oxygen atoms in total. The molecular formula is C12H10BrClN2O3S. The van der Waals surface area contributed by atoms with E-state index in [1.165, 1.54) is 18.3 Å². The maximum absolute atomic E-state index is 12.1. The van der Waals surface area contributed by atoms with Crippen molar-refractivity contribution in [1.29, 1.82) is 0 Å². The fraction of sp³-hybridized carbons (Fsp3) is 0.0833. The minimum Gasteiger partial charge on any atom is -0.392 e. The third-order valence-corrected chi connectivity index (χ3v) is 4.52. The van der Waals surface area contributed by atoms with Crippen LogP contribution in [0, 0.1) is 0 Å². The highest BCUT2D eigenvalue weighted by Crippen LogP contribution is 2.27. The fourth-order valence-corrected chi connectivity index (χ4v) is 3.22. The molecule has 2 N–H and O–H groups in total. The second kappa shape index (κ2) is 6.09. The van der Waals surface area contributed by atoms with Gasteiger partial charge in [-0.05, 0) is 29.8 Å². The highest BCUT2D eigenvalue weighted by molar-refractivity contribution is 9.10. The molecule has 0 atom stereocenters. The molecule has 0 radical (unpaired) electrons.